The van der Waals surface area contributed by atoms with Gasteiger partial charge < -0.3 is 38.4 Å². The Kier molecular flexibility index (Phi) is 13.1. The van der Waals surface area contributed by atoms with Crippen LogP contribution in [0.2, 0.25) is 0 Å². The van der Waals surface area contributed by atoms with E-state index in [4.69, 9.17) is 23.7 Å². The molecule has 248 valence electrons. The molecular weight excluding hydrogens is 566 g/mol. The SMILES string of the molecule is COCCCOc1cc(C(=O)N(C(C)C)[C@@H]2CC[C@H](CCN(C(=O)COC)C3CC3)N(C(=O)OC(C)(C)C)C2)ccc1OC. The summed E-state index contributed by atoms with van der Waals surface area (Å²) in [5.74, 6) is 0.893. The second-order valence-corrected chi connectivity index (χ2v) is 12.9. The lowest BCUT2D eigenvalue weighted by Gasteiger charge is -2.45. The van der Waals surface area contributed by atoms with Crippen molar-refractivity contribution in [2.75, 3.05) is 54.2 Å². The molecular formula is C33H53N3O8. The molecule has 1 aliphatic heterocycles. The van der Waals surface area contributed by atoms with Gasteiger partial charge in [0.1, 0.15) is 12.2 Å². The Morgan fingerprint density at radius 1 is 0.955 bits per heavy atom. The molecule has 2 atom stereocenters. The normalized spacial score (nSPS) is 18.6. The number of methoxy groups -OCH3 is 3. The number of ether oxygens (including phenoxy) is 5. The standard InChI is InChI=1S/C33H53N3O8/c1-23(2)36(31(38)24-10-15-28(42-8)29(20-24)43-19-9-18-40-6)27-14-13-26(35(21-27)32(39)44-33(3,4)5)16-17-34(25-11-12-25)30(37)22-41-7/h10,15,20,23,25-27H,9,11-14,16-19,21-22H2,1-8H3/t26-,27-/m1/s1. The molecule has 2 aliphatic rings. The van der Waals surface area contributed by atoms with Crippen molar-refractivity contribution in [2.45, 2.75) is 103 Å². The largest absolute Gasteiger partial charge is 0.493 e. The number of benzene rings is 1. The summed E-state index contributed by atoms with van der Waals surface area (Å²) in [6.07, 6.45) is 4.34. The summed E-state index contributed by atoms with van der Waals surface area (Å²) in [7, 11) is 4.74. The van der Waals surface area contributed by atoms with Gasteiger partial charge in [0.2, 0.25) is 5.91 Å². The molecule has 0 aromatic heterocycles. The molecule has 1 saturated heterocycles. The fourth-order valence-electron chi connectivity index (χ4n) is 5.75. The van der Waals surface area contributed by atoms with Crippen LogP contribution in [0.3, 0.4) is 0 Å². The van der Waals surface area contributed by atoms with Gasteiger partial charge in [-0.3, -0.25) is 9.59 Å². The lowest BCUT2D eigenvalue weighted by molar-refractivity contribution is -0.136. The Hall–Kier alpha value is -3.05. The Morgan fingerprint density at radius 2 is 1.66 bits per heavy atom. The minimum absolute atomic E-state index is 0.0226. The van der Waals surface area contributed by atoms with E-state index in [-0.39, 0.29) is 42.6 Å². The topological polar surface area (TPSA) is 107 Å². The summed E-state index contributed by atoms with van der Waals surface area (Å²) in [5.41, 5.74) is -0.178. The minimum atomic E-state index is -0.667. The second-order valence-electron chi connectivity index (χ2n) is 12.9. The first kappa shape index (κ1) is 35.4. The maximum absolute atomic E-state index is 14.1. The third-order valence-corrected chi connectivity index (χ3v) is 7.93. The second kappa shape index (κ2) is 16.3. The minimum Gasteiger partial charge on any atom is -0.493 e. The third-order valence-electron chi connectivity index (χ3n) is 7.93. The van der Waals surface area contributed by atoms with E-state index in [9.17, 15) is 14.4 Å². The first-order valence-corrected chi connectivity index (χ1v) is 15.8. The molecule has 0 unspecified atom stereocenters. The predicted molar refractivity (Wildman–Crippen MR) is 167 cm³/mol. The summed E-state index contributed by atoms with van der Waals surface area (Å²) in [4.78, 5) is 45.8. The van der Waals surface area contributed by atoms with Gasteiger partial charge >= 0.3 is 6.09 Å². The number of amides is 3. The van der Waals surface area contributed by atoms with Crippen molar-refractivity contribution in [3.63, 3.8) is 0 Å². The highest BCUT2D eigenvalue weighted by Crippen LogP contribution is 2.33. The van der Waals surface area contributed by atoms with E-state index in [0.717, 1.165) is 19.3 Å². The Bertz CT molecular complexity index is 1100. The number of hydrogen-bond donors (Lipinski definition) is 0. The van der Waals surface area contributed by atoms with Gasteiger partial charge in [-0.1, -0.05) is 0 Å². The zero-order valence-electron chi connectivity index (χ0n) is 27.9. The van der Waals surface area contributed by atoms with Crippen LogP contribution in [0, 0.1) is 0 Å². The highest BCUT2D eigenvalue weighted by atomic mass is 16.6. The zero-order chi connectivity index (χ0) is 32.4. The average Bonchev–Trinajstić information content (AvgIpc) is 3.80. The van der Waals surface area contributed by atoms with E-state index in [0.29, 0.717) is 62.6 Å². The van der Waals surface area contributed by atoms with E-state index in [1.165, 1.54) is 7.11 Å². The molecule has 0 spiro atoms. The van der Waals surface area contributed by atoms with Gasteiger partial charge in [0.25, 0.3) is 5.91 Å². The van der Waals surface area contributed by atoms with Crippen LogP contribution < -0.4 is 9.47 Å². The third kappa shape index (κ3) is 9.99. The van der Waals surface area contributed by atoms with Gasteiger partial charge in [-0.25, -0.2) is 4.79 Å². The smallest absolute Gasteiger partial charge is 0.410 e. The number of nitrogens with zero attached hydrogens (tertiary/aromatic N) is 3. The van der Waals surface area contributed by atoms with Gasteiger partial charge in [-0.15, -0.1) is 0 Å². The Morgan fingerprint density at radius 3 is 2.25 bits per heavy atom. The molecule has 0 N–H and O–H groups in total. The summed E-state index contributed by atoms with van der Waals surface area (Å²) in [6, 6.07) is 5.02. The number of hydrogen-bond acceptors (Lipinski definition) is 8. The van der Waals surface area contributed by atoms with Gasteiger partial charge in [-0.05, 0) is 84.9 Å². The summed E-state index contributed by atoms with van der Waals surface area (Å²) in [5, 5.41) is 0. The molecule has 2 fully saturated rings. The summed E-state index contributed by atoms with van der Waals surface area (Å²) in [6.45, 7) is 11.5. The van der Waals surface area contributed by atoms with Crippen LogP contribution in [-0.2, 0) is 19.0 Å². The van der Waals surface area contributed by atoms with Crippen molar-refractivity contribution in [3.8, 4) is 11.5 Å². The highest BCUT2D eigenvalue weighted by Gasteiger charge is 2.40. The number of likely N-dealkylation sites (tertiary alicyclic amines) is 1. The van der Waals surface area contributed by atoms with Crippen LogP contribution in [0.5, 0.6) is 11.5 Å². The molecule has 44 heavy (non-hydrogen) atoms. The number of carbonyl (C=O) groups is 3. The first-order valence-electron chi connectivity index (χ1n) is 15.8. The maximum atomic E-state index is 14.1. The Labute approximate surface area is 263 Å². The molecule has 3 rings (SSSR count). The first-order chi connectivity index (χ1) is 20.9. The molecule has 1 aromatic carbocycles. The van der Waals surface area contributed by atoms with Crippen LogP contribution in [0.4, 0.5) is 4.79 Å². The highest BCUT2D eigenvalue weighted by molar-refractivity contribution is 5.95. The van der Waals surface area contributed by atoms with Gasteiger partial charge in [-0.2, -0.15) is 0 Å². The number of piperidine rings is 1. The quantitative estimate of drug-likeness (QED) is 0.259. The maximum Gasteiger partial charge on any atom is 0.410 e. The van der Waals surface area contributed by atoms with Gasteiger partial charge in [0, 0.05) is 64.0 Å². The van der Waals surface area contributed by atoms with Crippen LogP contribution >= 0.6 is 0 Å². The van der Waals surface area contributed by atoms with Crippen molar-refractivity contribution in [3.05, 3.63) is 23.8 Å². The van der Waals surface area contributed by atoms with Crippen molar-refractivity contribution < 1.29 is 38.1 Å². The van der Waals surface area contributed by atoms with Crippen molar-refractivity contribution in [2.24, 2.45) is 0 Å². The lowest BCUT2D eigenvalue weighted by Crippen LogP contribution is -2.58. The van der Waals surface area contributed by atoms with Crippen molar-refractivity contribution >= 4 is 17.9 Å². The summed E-state index contributed by atoms with van der Waals surface area (Å²) >= 11 is 0. The molecule has 1 saturated carbocycles. The van der Waals surface area contributed by atoms with Gasteiger partial charge in [0.05, 0.1) is 19.8 Å². The van der Waals surface area contributed by atoms with Crippen molar-refractivity contribution in [1.82, 2.24) is 14.7 Å². The number of rotatable bonds is 15. The predicted octanol–water partition coefficient (Wildman–Crippen LogP) is 4.76. The monoisotopic (exact) mass is 619 g/mol. The van der Waals surface area contributed by atoms with Crippen LogP contribution in [0.15, 0.2) is 18.2 Å². The fraction of sp³-hybridized carbons (Fsp3) is 0.727. The molecule has 11 nitrogen and oxygen atoms in total. The van der Waals surface area contributed by atoms with E-state index in [1.54, 1.807) is 37.3 Å². The van der Waals surface area contributed by atoms with E-state index in [1.807, 2.05) is 44.4 Å². The van der Waals surface area contributed by atoms with E-state index >= 15 is 0 Å². The molecule has 3 amide bonds. The van der Waals surface area contributed by atoms with Crippen LogP contribution in [0.1, 0.15) is 83.5 Å². The molecule has 11 heteroatoms. The van der Waals surface area contributed by atoms with Crippen LogP contribution in [-0.4, -0.2) is 117 Å². The summed E-state index contributed by atoms with van der Waals surface area (Å²) < 4.78 is 27.5. The molecule has 1 aromatic rings. The fourth-order valence-corrected chi connectivity index (χ4v) is 5.75. The number of carbonyl (C=O) groups excluding carboxylic acids is 3. The van der Waals surface area contributed by atoms with E-state index < -0.39 is 11.7 Å². The molecule has 1 heterocycles. The average molecular weight is 620 g/mol. The van der Waals surface area contributed by atoms with Gasteiger partial charge in [0.15, 0.2) is 11.5 Å². The van der Waals surface area contributed by atoms with Crippen LogP contribution in [0.25, 0.3) is 0 Å². The molecule has 0 radical (unpaired) electrons. The molecule has 0 bridgehead atoms. The van der Waals surface area contributed by atoms with Crippen molar-refractivity contribution in [1.29, 1.82) is 0 Å². The zero-order valence-corrected chi connectivity index (χ0v) is 27.9. The lowest BCUT2D eigenvalue weighted by atomic mass is 9.93. The van der Waals surface area contributed by atoms with E-state index in [2.05, 4.69) is 0 Å². The molecule has 1 aliphatic carbocycles. The Balaban J connectivity index is 1.81.